The molecule has 27 heavy (non-hydrogen) atoms. The first kappa shape index (κ1) is 20.8. The molecule has 0 spiro atoms. The largest absolute Gasteiger partial charge is 0.467 e. The van der Waals surface area contributed by atoms with E-state index in [1.54, 1.807) is 24.0 Å². The fraction of sp³-hybridized carbons (Fsp3) is 0.632. The molecule has 0 aliphatic carbocycles. The highest BCUT2D eigenvalue weighted by atomic mass is 16.6. The highest BCUT2D eigenvalue weighted by Gasteiger charge is 2.30. The number of carbonyl (C=O) groups is 3. The molecule has 1 aromatic rings. The molecule has 1 unspecified atom stereocenters. The van der Waals surface area contributed by atoms with E-state index in [9.17, 15) is 14.4 Å². The van der Waals surface area contributed by atoms with Gasteiger partial charge in [-0.3, -0.25) is 9.59 Å². The molecule has 0 bridgehead atoms. The molecule has 0 aromatic carbocycles. The molecule has 1 saturated heterocycles. The summed E-state index contributed by atoms with van der Waals surface area (Å²) in [7, 11) is 0. The third kappa shape index (κ3) is 6.62. The van der Waals surface area contributed by atoms with Crippen LogP contribution in [-0.2, 0) is 20.9 Å². The Kier molecular flexibility index (Phi) is 6.87. The smallest absolute Gasteiger partial charge is 0.410 e. The van der Waals surface area contributed by atoms with Gasteiger partial charge in [-0.25, -0.2) is 4.79 Å². The maximum absolute atomic E-state index is 12.4. The molecule has 0 radical (unpaired) electrons. The zero-order valence-electron chi connectivity index (χ0n) is 16.4. The van der Waals surface area contributed by atoms with Gasteiger partial charge in [-0.2, -0.15) is 0 Å². The quantitative estimate of drug-likeness (QED) is 0.815. The highest BCUT2D eigenvalue weighted by Crippen LogP contribution is 2.20. The van der Waals surface area contributed by atoms with Gasteiger partial charge < -0.3 is 24.7 Å². The van der Waals surface area contributed by atoms with Gasteiger partial charge in [0.1, 0.15) is 17.4 Å². The summed E-state index contributed by atoms with van der Waals surface area (Å²) in [5.74, 6) is -0.00849. The molecule has 0 saturated carbocycles. The van der Waals surface area contributed by atoms with E-state index in [1.807, 2.05) is 20.8 Å². The maximum atomic E-state index is 12.4. The summed E-state index contributed by atoms with van der Waals surface area (Å²) in [6.45, 7) is 8.32. The molecular weight excluding hydrogens is 350 g/mol. The van der Waals surface area contributed by atoms with Crippen molar-refractivity contribution in [2.24, 2.45) is 5.92 Å². The minimum atomic E-state index is -0.642. The van der Waals surface area contributed by atoms with Crippen molar-refractivity contribution in [3.05, 3.63) is 24.2 Å². The first-order valence-electron chi connectivity index (χ1n) is 9.24. The SMILES string of the molecule is CC(NC(=O)C1CCN(C(=O)OC(C)(C)C)CC1)C(=O)NCc1ccco1. The molecule has 1 aromatic heterocycles. The molecule has 2 rings (SSSR count). The average Bonchev–Trinajstić information content (AvgIpc) is 3.11. The summed E-state index contributed by atoms with van der Waals surface area (Å²) in [6.07, 6.45) is 2.28. The van der Waals surface area contributed by atoms with Crippen LogP contribution in [0.3, 0.4) is 0 Å². The first-order valence-corrected chi connectivity index (χ1v) is 9.24. The second-order valence-electron chi connectivity index (χ2n) is 7.77. The van der Waals surface area contributed by atoms with Crippen LogP contribution in [0.15, 0.2) is 22.8 Å². The predicted molar refractivity (Wildman–Crippen MR) is 98.7 cm³/mol. The van der Waals surface area contributed by atoms with E-state index in [0.717, 1.165) is 0 Å². The topological polar surface area (TPSA) is 101 Å². The Hall–Kier alpha value is -2.51. The molecule has 8 nitrogen and oxygen atoms in total. The fourth-order valence-corrected chi connectivity index (χ4v) is 2.79. The number of nitrogens with zero attached hydrogens (tertiary/aromatic N) is 1. The summed E-state index contributed by atoms with van der Waals surface area (Å²) >= 11 is 0. The van der Waals surface area contributed by atoms with Gasteiger partial charge in [0.05, 0.1) is 12.8 Å². The summed E-state index contributed by atoms with van der Waals surface area (Å²) < 4.78 is 10.5. The van der Waals surface area contributed by atoms with E-state index in [2.05, 4.69) is 10.6 Å². The second kappa shape index (κ2) is 8.92. The number of hydrogen-bond acceptors (Lipinski definition) is 5. The van der Waals surface area contributed by atoms with Crippen molar-refractivity contribution in [2.45, 2.75) is 58.7 Å². The zero-order chi connectivity index (χ0) is 20.0. The lowest BCUT2D eigenvalue weighted by Crippen LogP contribution is -2.49. The Labute approximate surface area is 159 Å². The van der Waals surface area contributed by atoms with Crippen LogP contribution < -0.4 is 10.6 Å². The average molecular weight is 379 g/mol. The van der Waals surface area contributed by atoms with Gasteiger partial charge in [0.2, 0.25) is 11.8 Å². The standard InChI is InChI=1S/C19H29N3O5/c1-13(16(23)20-12-15-6-5-11-26-15)21-17(24)14-7-9-22(10-8-14)18(25)27-19(2,3)4/h5-6,11,13-14H,7-10,12H2,1-4H3,(H,20,23)(H,21,24). The van der Waals surface area contributed by atoms with Gasteiger partial charge >= 0.3 is 6.09 Å². The minimum Gasteiger partial charge on any atom is -0.467 e. The molecule has 3 amide bonds. The van der Waals surface area contributed by atoms with E-state index < -0.39 is 11.6 Å². The van der Waals surface area contributed by atoms with Crippen LogP contribution in [0.2, 0.25) is 0 Å². The van der Waals surface area contributed by atoms with Crippen LogP contribution in [-0.4, -0.2) is 47.5 Å². The molecule has 2 N–H and O–H groups in total. The maximum Gasteiger partial charge on any atom is 0.410 e. The van der Waals surface area contributed by atoms with Gasteiger partial charge in [0.25, 0.3) is 0 Å². The Morgan fingerprint density at radius 1 is 1.30 bits per heavy atom. The number of carbonyl (C=O) groups excluding carboxylic acids is 3. The van der Waals surface area contributed by atoms with Crippen LogP contribution >= 0.6 is 0 Å². The van der Waals surface area contributed by atoms with Crippen molar-refractivity contribution in [3.63, 3.8) is 0 Å². The third-order valence-corrected chi connectivity index (χ3v) is 4.29. The van der Waals surface area contributed by atoms with Crippen molar-refractivity contribution in [2.75, 3.05) is 13.1 Å². The van der Waals surface area contributed by atoms with Gasteiger partial charge in [0, 0.05) is 19.0 Å². The molecule has 150 valence electrons. The third-order valence-electron chi connectivity index (χ3n) is 4.29. The van der Waals surface area contributed by atoms with Gasteiger partial charge in [-0.15, -0.1) is 0 Å². The van der Waals surface area contributed by atoms with E-state index in [-0.39, 0.29) is 30.4 Å². The van der Waals surface area contributed by atoms with E-state index in [1.165, 1.54) is 6.26 Å². The number of furan rings is 1. The number of rotatable bonds is 5. The van der Waals surface area contributed by atoms with Crippen LogP contribution in [0, 0.1) is 5.92 Å². The summed E-state index contributed by atoms with van der Waals surface area (Å²) in [4.78, 5) is 38.2. The fourth-order valence-electron chi connectivity index (χ4n) is 2.79. The minimum absolute atomic E-state index is 0.167. The van der Waals surface area contributed by atoms with E-state index in [4.69, 9.17) is 9.15 Å². The summed E-state index contributed by atoms with van der Waals surface area (Å²) in [5, 5.41) is 5.47. The van der Waals surface area contributed by atoms with Crippen LogP contribution in [0.25, 0.3) is 0 Å². The Morgan fingerprint density at radius 3 is 2.52 bits per heavy atom. The molecule has 8 heteroatoms. The van der Waals surface area contributed by atoms with Gasteiger partial charge in [0.15, 0.2) is 0 Å². The number of likely N-dealkylation sites (tertiary alicyclic amines) is 1. The molecule has 1 aliphatic heterocycles. The van der Waals surface area contributed by atoms with Crippen LogP contribution in [0.4, 0.5) is 4.79 Å². The molecule has 2 heterocycles. The molecule has 1 atom stereocenters. The van der Waals surface area contributed by atoms with Crippen LogP contribution in [0.5, 0.6) is 0 Å². The van der Waals surface area contributed by atoms with Gasteiger partial charge in [-0.1, -0.05) is 0 Å². The number of nitrogens with one attached hydrogen (secondary N) is 2. The zero-order valence-corrected chi connectivity index (χ0v) is 16.4. The monoisotopic (exact) mass is 379 g/mol. The lowest BCUT2D eigenvalue weighted by molar-refractivity contribution is -0.131. The second-order valence-corrected chi connectivity index (χ2v) is 7.77. The first-order chi connectivity index (χ1) is 12.7. The molecule has 1 aliphatic rings. The number of ether oxygens (including phenoxy) is 1. The van der Waals surface area contributed by atoms with Crippen molar-refractivity contribution < 1.29 is 23.5 Å². The van der Waals surface area contributed by atoms with E-state index >= 15 is 0 Å². The lowest BCUT2D eigenvalue weighted by Gasteiger charge is -2.33. The van der Waals surface area contributed by atoms with Gasteiger partial charge in [-0.05, 0) is 52.7 Å². The molecule has 1 fully saturated rings. The lowest BCUT2D eigenvalue weighted by atomic mass is 9.96. The van der Waals surface area contributed by atoms with Crippen molar-refractivity contribution >= 4 is 17.9 Å². The number of piperidine rings is 1. The van der Waals surface area contributed by atoms with Crippen molar-refractivity contribution in [1.82, 2.24) is 15.5 Å². The Bertz CT molecular complexity index is 643. The van der Waals surface area contributed by atoms with E-state index in [0.29, 0.717) is 31.7 Å². The van der Waals surface area contributed by atoms with Crippen LogP contribution in [0.1, 0.15) is 46.3 Å². The Morgan fingerprint density at radius 2 is 1.96 bits per heavy atom. The van der Waals surface area contributed by atoms with Crippen molar-refractivity contribution in [1.29, 1.82) is 0 Å². The predicted octanol–water partition coefficient (Wildman–Crippen LogP) is 2.05. The number of hydrogen-bond donors (Lipinski definition) is 2. The van der Waals surface area contributed by atoms with Crippen molar-refractivity contribution in [3.8, 4) is 0 Å². The summed E-state index contributed by atoms with van der Waals surface area (Å²) in [5.41, 5.74) is -0.538. The highest BCUT2D eigenvalue weighted by molar-refractivity contribution is 5.88. The normalized spacial score (nSPS) is 16.5. The Balaban J connectivity index is 1.73. The summed E-state index contributed by atoms with van der Waals surface area (Å²) in [6, 6.07) is 2.87. The molecular formula is C19H29N3O5. The number of amides is 3.